The van der Waals surface area contributed by atoms with Gasteiger partial charge in [-0.05, 0) is 13.0 Å². The molecule has 0 saturated heterocycles. The molecule has 1 aromatic heterocycles. The minimum Gasteiger partial charge on any atom is -0.397 e. The monoisotopic (exact) mass is 259 g/mol. The number of pyridine rings is 1. The minimum absolute atomic E-state index is 0.138. The lowest BCUT2D eigenvalue weighted by Gasteiger charge is -2.26. The molecule has 94 valence electrons. The van der Waals surface area contributed by atoms with Crippen molar-refractivity contribution in [3.63, 3.8) is 0 Å². The molecule has 0 atom stereocenters. The van der Waals surface area contributed by atoms with Gasteiger partial charge in [0.1, 0.15) is 5.15 Å². The van der Waals surface area contributed by atoms with Crippen molar-refractivity contribution in [2.45, 2.75) is 12.5 Å². The lowest BCUT2D eigenvalue weighted by molar-refractivity contribution is 0.0724. The lowest BCUT2D eigenvalue weighted by atomic mass is 10.0. The predicted octanol–water partition coefficient (Wildman–Crippen LogP) is -0.210. The van der Waals surface area contributed by atoms with Crippen molar-refractivity contribution >= 4 is 23.2 Å². The van der Waals surface area contributed by atoms with Crippen LogP contribution >= 0.6 is 11.6 Å². The number of carbonyl (C=O) groups is 1. The molecular weight excluding hydrogens is 246 g/mol. The number of rotatable bonds is 4. The molecule has 0 spiro atoms. The fourth-order valence-electron chi connectivity index (χ4n) is 1.11. The summed E-state index contributed by atoms with van der Waals surface area (Å²) in [6, 6.07) is 1.32. The molecule has 1 amide bonds. The molecule has 1 aromatic rings. The predicted molar refractivity (Wildman–Crippen MR) is 63.7 cm³/mol. The van der Waals surface area contributed by atoms with E-state index < -0.39 is 24.7 Å². The first-order chi connectivity index (χ1) is 7.91. The van der Waals surface area contributed by atoms with Crippen molar-refractivity contribution in [1.29, 1.82) is 0 Å². The minimum atomic E-state index is -1.11. The molecule has 0 aliphatic heterocycles. The third-order valence-corrected chi connectivity index (χ3v) is 2.47. The first kappa shape index (κ1) is 13.7. The SMILES string of the molecule is CC(CO)(CO)NC(=O)c1cc(Cl)ncc1N. The highest BCUT2D eigenvalue weighted by molar-refractivity contribution is 6.29. The Bertz CT molecular complexity index is 421. The van der Waals surface area contributed by atoms with Crippen LogP contribution in [0.3, 0.4) is 0 Å². The lowest BCUT2D eigenvalue weighted by Crippen LogP contribution is -2.51. The smallest absolute Gasteiger partial charge is 0.254 e. The van der Waals surface area contributed by atoms with Crippen LogP contribution in [0.15, 0.2) is 12.3 Å². The van der Waals surface area contributed by atoms with Crippen LogP contribution < -0.4 is 11.1 Å². The standard InChI is InChI=1S/C10H14ClN3O3/c1-10(4-15,5-16)14-9(17)6-2-8(11)13-3-7(6)12/h2-3,15-16H,4-5,12H2,1H3,(H,14,17). The number of nitrogens with one attached hydrogen (secondary N) is 1. The molecule has 7 heteroatoms. The number of hydrogen-bond acceptors (Lipinski definition) is 5. The maximum Gasteiger partial charge on any atom is 0.254 e. The summed E-state index contributed by atoms with van der Waals surface area (Å²) in [5, 5.41) is 20.7. The summed E-state index contributed by atoms with van der Waals surface area (Å²) in [5.41, 5.74) is 4.80. The number of carbonyl (C=O) groups excluding carboxylic acids is 1. The van der Waals surface area contributed by atoms with Gasteiger partial charge in [0.05, 0.1) is 36.2 Å². The van der Waals surface area contributed by atoms with Gasteiger partial charge in [-0.3, -0.25) is 4.79 Å². The van der Waals surface area contributed by atoms with Gasteiger partial charge in [-0.25, -0.2) is 4.98 Å². The molecule has 0 fully saturated rings. The summed E-state index contributed by atoms with van der Waals surface area (Å²) >= 11 is 5.65. The van der Waals surface area contributed by atoms with Crippen molar-refractivity contribution in [3.8, 4) is 0 Å². The van der Waals surface area contributed by atoms with Gasteiger partial charge < -0.3 is 21.3 Å². The van der Waals surface area contributed by atoms with E-state index in [1.54, 1.807) is 0 Å². The second-order valence-electron chi connectivity index (χ2n) is 3.93. The Morgan fingerprint density at radius 3 is 2.71 bits per heavy atom. The largest absolute Gasteiger partial charge is 0.397 e. The number of nitrogens with two attached hydrogens (primary N) is 1. The Hall–Kier alpha value is -1.37. The van der Waals surface area contributed by atoms with E-state index in [0.29, 0.717) is 0 Å². The van der Waals surface area contributed by atoms with Gasteiger partial charge in [0.25, 0.3) is 5.91 Å². The normalized spacial score (nSPS) is 11.3. The molecule has 0 aliphatic rings. The quantitative estimate of drug-likeness (QED) is 0.560. The van der Waals surface area contributed by atoms with Crippen LogP contribution in [0.25, 0.3) is 0 Å². The fourth-order valence-corrected chi connectivity index (χ4v) is 1.27. The van der Waals surface area contributed by atoms with Gasteiger partial charge >= 0.3 is 0 Å². The first-order valence-electron chi connectivity index (χ1n) is 4.87. The molecule has 0 aromatic carbocycles. The number of aliphatic hydroxyl groups excluding tert-OH is 2. The van der Waals surface area contributed by atoms with E-state index in [2.05, 4.69) is 10.3 Å². The third-order valence-electron chi connectivity index (χ3n) is 2.26. The maximum absolute atomic E-state index is 11.9. The zero-order valence-corrected chi connectivity index (χ0v) is 10.0. The van der Waals surface area contributed by atoms with Crippen molar-refractivity contribution in [1.82, 2.24) is 10.3 Å². The highest BCUT2D eigenvalue weighted by Crippen LogP contribution is 2.16. The second-order valence-corrected chi connectivity index (χ2v) is 4.31. The molecule has 0 aliphatic carbocycles. The molecule has 1 rings (SSSR count). The average Bonchev–Trinajstić information content (AvgIpc) is 2.32. The Balaban J connectivity index is 2.94. The van der Waals surface area contributed by atoms with E-state index in [1.165, 1.54) is 19.2 Å². The summed E-state index contributed by atoms with van der Waals surface area (Å²) in [5.74, 6) is -0.530. The number of aliphatic hydroxyl groups is 2. The number of anilines is 1. The maximum atomic E-state index is 11.9. The van der Waals surface area contributed by atoms with Crippen LogP contribution in [0.4, 0.5) is 5.69 Å². The summed E-state index contributed by atoms with van der Waals surface area (Å²) in [4.78, 5) is 15.6. The summed E-state index contributed by atoms with van der Waals surface area (Å²) in [6.07, 6.45) is 1.27. The second kappa shape index (κ2) is 5.31. The molecule has 1 heterocycles. The van der Waals surface area contributed by atoms with E-state index in [4.69, 9.17) is 27.5 Å². The first-order valence-corrected chi connectivity index (χ1v) is 5.25. The van der Waals surface area contributed by atoms with Crippen LogP contribution in [0, 0.1) is 0 Å². The number of nitrogens with zero attached hydrogens (tertiary/aromatic N) is 1. The molecule has 0 radical (unpaired) electrons. The van der Waals surface area contributed by atoms with Gasteiger partial charge in [-0.2, -0.15) is 0 Å². The number of aromatic nitrogens is 1. The molecular formula is C10H14ClN3O3. The summed E-state index contributed by atoms with van der Waals surface area (Å²) < 4.78 is 0. The van der Waals surface area contributed by atoms with E-state index in [0.717, 1.165) is 0 Å². The Morgan fingerprint density at radius 1 is 1.59 bits per heavy atom. The van der Waals surface area contributed by atoms with Gasteiger partial charge in [-0.1, -0.05) is 11.6 Å². The van der Waals surface area contributed by atoms with Crippen molar-refractivity contribution in [2.75, 3.05) is 18.9 Å². The van der Waals surface area contributed by atoms with Gasteiger partial charge in [0.2, 0.25) is 0 Å². The van der Waals surface area contributed by atoms with E-state index in [1.807, 2.05) is 0 Å². The molecule has 0 bridgehead atoms. The molecule has 0 unspecified atom stereocenters. The van der Waals surface area contributed by atoms with Crippen molar-refractivity contribution in [3.05, 3.63) is 23.0 Å². The van der Waals surface area contributed by atoms with E-state index in [9.17, 15) is 4.79 Å². The number of halogens is 1. The number of hydrogen-bond donors (Lipinski definition) is 4. The van der Waals surface area contributed by atoms with Gasteiger partial charge in [-0.15, -0.1) is 0 Å². The summed E-state index contributed by atoms with van der Waals surface area (Å²) in [6.45, 7) is 0.714. The molecule has 5 N–H and O–H groups in total. The van der Waals surface area contributed by atoms with Crippen LogP contribution in [-0.2, 0) is 0 Å². The summed E-state index contributed by atoms with van der Waals surface area (Å²) in [7, 11) is 0. The Morgan fingerprint density at radius 2 is 2.18 bits per heavy atom. The number of amides is 1. The highest BCUT2D eigenvalue weighted by Gasteiger charge is 2.26. The third kappa shape index (κ3) is 3.29. The Labute approximate surface area is 103 Å². The van der Waals surface area contributed by atoms with E-state index >= 15 is 0 Å². The van der Waals surface area contributed by atoms with Crippen LogP contribution in [0.1, 0.15) is 17.3 Å². The zero-order valence-electron chi connectivity index (χ0n) is 9.27. The molecule has 0 saturated carbocycles. The number of nitrogen functional groups attached to an aromatic ring is 1. The topological polar surface area (TPSA) is 108 Å². The van der Waals surface area contributed by atoms with Crippen LogP contribution in [-0.4, -0.2) is 39.9 Å². The van der Waals surface area contributed by atoms with Crippen LogP contribution in [0.5, 0.6) is 0 Å². The molecule has 17 heavy (non-hydrogen) atoms. The van der Waals surface area contributed by atoms with E-state index in [-0.39, 0.29) is 16.4 Å². The highest BCUT2D eigenvalue weighted by atomic mass is 35.5. The molecule has 6 nitrogen and oxygen atoms in total. The Kier molecular flexibility index (Phi) is 4.28. The fraction of sp³-hybridized carbons (Fsp3) is 0.400. The van der Waals surface area contributed by atoms with Crippen molar-refractivity contribution in [2.24, 2.45) is 0 Å². The van der Waals surface area contributed by atoms with Crippen molar-refractivity contribution < 1.29 is 15.0 Å². The van der Waals surface area contributed by atoms with Crippen LogP contribution in [0.2, 0.25) is 5.15 Å². The van der Waals surface area contributed by atoms with Gasteiger partial charge in [0, 0.05) is 0 Å². The van der Waals surface area contributed by atoms with Gasteiger partial charge in [0.15, 0.2) is 0 Å². The zero-order chi connectivity index (χ0) is 13.1. The average molecular weight is 260 g/mol.